The molecule has 2 rings (SSSR count). The summed E-state index contributed by atoms with van der Waals surface area (Å²) in [7, 11) is 1.50. The lowest BCUT2D eigenvalue weighted by atomic mass is 9.68. The molecule has 2 N–H and O–H groups in total. The summed E-state index contributed by atoms with van der Waals surface area (Å²) in [5.74, 6) is 0.875. The van der Waals surface area contributed by atoms with Crippen LogP contribution in [0.25, 0.3) is 0 Å². The van der Waals surface area contributed by atoms with Crippen LogP contribution in [-0.4, -0.2) is 13.7 Å². The van der Waals surface area contributed by atoms with Gasteiger partial charge in [-0.25, -0.2) is 4.39 Å². The first-order valence-corrected chi connectivity index (χ1v) is 7.12. The molecule has 0 heterocycles. The third-order valence-electron chi connectivity index (χ3n) is 4.60. The lowest BCUT2D eigenvalue weighted by molar-refractivity contribution is 0.161. The SMILES string of the molecule is COc1cccc(CC2(CN)CCC(C)CC2)c1F. The number of ether oxygens (including phenoxy) is 1. The molecule has 0 bridgehead atoms. The molecule has 0 unspecified atom stereocenters. The van der Waals surface area contributed by atoms with Gasteiger partial charge in [0, 0.05) is 0 Å². The van der Waals surface area contributed by atoms with Crippen molar-refractivity contribution >= 4 is 0 Å². The van der Waals surface area contributed by atoms with E-state index in [1.54, 1.807) is 6.07 Å². The van der Waals surface area contributed by atoms with Gasteiger partial charge in [0.1, 0.15) is 0 Å². The third-order valence-corrected chi connectivity index (χ3v) is 4.60. The molecule has 19 heavy (non-hydrogen) atoms. The summed E-state index contributed by atoms with van der Waals surface area (Å²) in [4.78, 5) is 0. The van der Waals surface area contributed by atoms with Gasteiger partial charge in [-0.1, -0.05) is 31.9 Å². The highest BCUT2D eigenvalue weighted by molar-refractivity contribution is 5.31. The highest BCUT2D eigenvalue weighted by Gasteiger charge is 2.34. The molecule has 106 valence electrons. The monoisotopic (exact) mass is 265 g/mol. The van der Waals surface area contributed by atoms with Crippen molar-refractivity contribution in [1.29, 1.82) is 0 Å². The molecule has 0 atom stereocenters. The Kier molecular flexibility index (Phi) is 4.46. The fourth-order valence-corrected chi connectivity index (χ4v) is 3.08. The zero-order valence-electron chi connectivity index (χ0n) is 11.9. The van der Waals surface area contributed by atoms with Crippen molar-refractivity contribution in [2.75, 3.05) is 13.7 Å². The fraction of sp³-hybridized carbons (Fsp3) is 0.625. The molecule has 0 aliphatic heterocycles. The number of hydrogen-bond donors (Lipinski definition) is 1. The summed E-state index contributed by atoms with van der Waals surface area (Å²) in [5.41, 5.74) is 6.80. The van der Waals surface area contributed by atoms with Crippen molar-refractivity contribution in [2.45, 2.75) is 39.0 Å². The van der Waals surface area contributed by atoms with Gasteiger partial charge in [-0.3, -0.25) is 0 Å². The van der Waals surface area contributed by atoms with Gasteiger partial charge >= 0.3 is 0 Å². The summed E-state index contributed by atoms with van der Waals surface area (Å²) in [5, 5.41) is 0. The Hall–Kier alpha value is -1.09. The van der Waals surface area contributed by atoms with Crippen LogP contribution >= 0.6 is 0 Å². The maximum Gasteiger partial charge on any atom is 0.168 e. The number of halogens is 1. The predicted molar refractivity (Wildman–Crippen MR) is 75.8 cm³/mol. The summed E-state index contributed by atoms with van der Waals surface area (Å²) in [6.07, 6.45) is 5.31. The highest BCUT2D eigenvalue weighted by Crippen LogP contribution is 2.41. The molecule has 1 aliphatic carbocycles. The molecule has 3 heteroatoms. The number of nitrogens with two attached hydrogens (primary N) is 1. The van der Waals surface area contributed by atoms with Crippen LogP contribution in [0.2, 0.25) is 0 Å². The summed E-state index contributed by atoms with van der Waals surface area (Å²) in [6.45, 7) is 2.92. The first-order valence-electron chi connectivity index (χ1n) is 7.12. The van der Waals surface area contributed by atoms with Crippen LogP contribution in [0.5, 0.6) is 5.75 Å². The molecule has 1 fully saturated rings. The van der Waals surface area contributed by atoms with Crippen molar-refractivity contribution < 1.29 is 9.13 Å². The van der Waals surface area contributed by atoms with E-state index in [1.807, 2.05) is 12.1 Å². The van der Waals surface area contributed by atoms with Gasteiger partial charge in [0.2, 0.25) is 0 Å². The Labute approximate surface area is 115 Å². The Morgan fingerprint density at radius 2 is 2.05 bits per heavy atom. The van der Waals surface area contributed by atoms with Gasteiger partial charge in [-0.2, -0.15) is 0 Å². The topological polar surface area (TPSA) is 35.2 Å². The summed E-state index contributed by atoms with van der Waals surface area (Å²) < 4.78 is 19.3. The van der Waals surface area contributed by atoms with Crippen LogP contribution in [0, 0.1) is 17.2 Å². The van der Waals surface area contributed by atoms with Gasteiger partial charge in [-0.05, 0) is 48.8 Å². The van der Waals surface area contributed by atoms with Crippen LogP contribution < -0.4 is 10.5 Å². The van der Waals surface area contributed by atoms with Crippen molar-refractivity contribution in [1.82, 2.24) is 0 Å². The Morgan fingerprint density at radius 1 is 1.37 bits per heavy atom. The van der Waals surface area contributed by atoms with Crippen LogP contribution in [0.3, 0.4) is 0 Å². The molecule has 1 aliphatic rings. The molecule has 0 saturated heterocycles. The molecule has 2 nitrogen and oxygen atoms in total. The maximum absolute atomic E-state index is 14.2. The number of hydrogen-bond acceptors (Lipinski definition) is 2. The fourth-order valence-electron chi connectivity index (χ4n) is 3.08. The summed E-state index contributed by atoms with van der Waals surface area (Å²) >= 11 is 0. The largest absolute Gasteiger partial charge is 0.494 e. The molecular weight excluding hydrogens is 241 g/mol. The molecule has 0 amide bonds. The Balaban J connectivity index is 2.19. The van der Waals surface area contributed by atoms with Crippen molar-refractivity contribution in [3.63, 3.8) is 0 Å². The normalized spacial score (nSPS) is 27.3. The van der Waals surface area contributed by atoms with E-state index in [4.69, 9.17) is 10.5 Å². The lowest BCUT2D eigenvalue weighted by Gasteiger charge is -2.39. The van der Waals surface area contributed by atoms with E-state index in [0.717, 1.165) is 30.7 Å². The number of methoxy groups -OCH3 is 1. The molecular formula is C16H24FNO. The van der Waals surface area contributed by atoms with Crippen LogP contribution in [0.4, 0.5) is 4.39 Å². The molecule has 1 aromatic carbocycles. The second-order valence-electron chi connectivity index (χ2n) is 6.00. The van der Waals surface area contributed by atoms with E-state index in [9.17, 15) is 4.39 Å². The predicted octanol–water partition coefficient (Wildman–Crippen LogP) is 3.53. The summed E-state index contributed by atoms with van der Waals surface area (Å²) in [6, 6.07) is 5.37. The second-order valence-corrected chi connectivity index (χ2v) is 6.00. The molecule has 0 radical (unpaired) electrons. The van der Waals surface area contributed by atoms with Crippen LogP contribution in [0.15, 0.2) is 18.2 Å². The molecule has 0 aromatic heterocycles. The average molecular weight is 265 g/mol. The number of rotatable bonds is 4. The van der Waals surface area contributed by atoms with E-state index in [-0.39, 0.29) is 11.2 Å². The Bertz CT molecular complexity index is 425. The minimum absolute atomic E-state index is 0.0692. The van der Waals surface area contributed by atoms with E-state index >= 15 is 0 Å². The van der Waals surface area contributed by atoms with Gasteiger partial charge in [0.05, 0.1) is 7.11 Å². The zero-order valence-corrected chi connectivity index (χ0v) is 11.9. The van der Waals surface area contributed by atoms with Gasteiger partial charge < -0.3 is 10.5 Å². The average Bonchev–Trinajstić information content (AvgIpc) is 2.44. The van der Waals surface area contributed by atoms with Crippen molar-refractivity contribution in [3.8, 4) is 5.75 Å². The molecule has 1 saturated carbocycles. The van der Waals surface area contributed by atoms with Gasteiger partial charge in [-0.15, -0.1) is 0 Å². The number of benzene rings is 1. The standard InChI is InChI=1S/C16H24FNO/c1-12-6-8-16(11-18,9-7-12)10-13-4-3-5-14(19-2)15(13)17/h3-5,12H,6-11,18H2,1-2H3. The molecule has 1 aromatic rings. The second kappa shape index (κ2) is 5.91. The van der Waals surface area contributed by atoms with E-state index < -0.39 is 0 Å². The van der Waals surface area contributed by atoms with Crippen LogP contribution in [-0.2, 0) is 6.42 Å². The van der Waals surface area contributed by atoms with Crippen molar-refractivity contribution in [3.05, 3.63) is 29.6 Å². The highest BCUT2D eigenvalue weighted by atomic mass is 19.1. The van der Waals surface area contributed by atoms with Crippen LogP contribution in [0.1, 0.15) is 38.2 Å². The smallest absolute Gasteiger partial charge is 0.168 e. The molecule has 0 spiro atoms. The van der Waals surface area contributed by atoms with E-state index in [2.05, 4.69) is 6.92 Å². The Morgan fingerprint density at radius 3 is 2.63 bits per heavy atom. The van der Waals surface area contributed by atoms with Gasteiger partial charge in [0.25, 0.3) is 0 Å². The first-order chi connectivity index (χ1) is 9.10. The zero-order chi connectivity index (χ0) is 13.9. The van der Waals surface area contributed by atoms with E-state index in [0.29, 0.717) is 12.3 Å². The van der Waals surface area contributed by atoms with Gasteiger partial charge in [0.15, 0.2) is 11.6 Å². The lowest BCUT2D eigenvalue weighted by Crippen LogP contribution is -2.36. The maximum atomic E-state index is 14.2. The third kappa shape index (κ3) is 3.08. The quantitative estimate of drug-likeness (QED) is 0.904. The first kappa shape index (κ1) is 14.3. The minimum Gasteiger partial charge on any atom is -0.494 e. The van der Waals surface area contributed by atoms with Crippen molar-refractivity contribution in [2.24, 2.45) is 17.1 Å². The van der Waals surface area contributed by atoms with E-state index in [1.165, 1.54) is 20.0 Å². The minimum atomic E-state index is -0.226.